The number of imidazole rings is 1. The Kier molecular flexibility index (Phi) is 6.72. The van der Waals surface area contributed by atoms with Crippen molar-refractivity contribution in [1.29, 1.82) is 0 Å². The van der Waals surface area contributed by atoms with Crippen LogP contribution in [0.3, 0.4) is 0 Å². The van der Waals surface area contributed by atoms with Gasteiger partial charge in [-0.25, -0.2) is 13.4 Å². The van der Waals surface area contributed by atoms with Crippen LogP contribution < -0.4 is 5.32 Å². The minimum absolute atomic E-state index is 0.0826. The zero-order valence-corrected chi connectivity index (χ0v) is 24.2. The van der Waals surface area contributed by atoms with Crippen molar-refractivity contribution in [2.75, 3.05) is 19.0 Å². The number of nitrogens with one attached hydrogen (secondary N) is 1. The molecule has 1 fully saturated rings. The molecule has 1 saturated heterocycles. The quantitative estimate of drug-likeness (QED) is 0.420. The van der Waals surface area contributed by atoms with E-state index in [1.807, 2.05) is 28.9 Å². The molecule has 2 unspecified atom stereocenters. The van der Waals surface area contributed by atoms with Crippen molar-refractivity contribution in [1.82, 2.24) is 24.9 Å². The molecule has 38 heavy (non-hydrogen) atoms. The first-order valence-electron chi connectivity index (χ1n) is 13.2. The number of dihydropyridines is 1. The number of fused-ring (bicyclic) bond motifs is 1. The maximum Gasteiger partial charge on any atom is 0.246 e. The molecular formula is C27H32BrN5O4S. The molecule has 3 aromatic rings. The lowest BCUT2D eigenvalue weighted by Gasteiger charge is -2.31. The molecule has 0 saturated carbocycles. The van der Waals surface area contributed by atoms with E-state index < -0.39 is 15.8 Å². The summed E-state index contributed by atoms with van der Waals surface area (Å²) >= 11 is 3.60. The third-order valence-corrected chi connectivity index (χ3v) is 10.5. The summed E-state index contributed by atoms with van der Waals surface area (Å²) in [5.74, 6) is 0.803. The standard InChI is InChI=1S/C27H32BrN5O4S/c1-15(2)18-14-38(34,35)25-22(21-13-33-10-4-5-19(28)26(33)30-21)23(27-32-31-16(3)37-27)20(29-24(18)25)7-6-17-8-11-36-12-9-17/h4-5,10,13,15,17-18,22,29H,6-9,11-12,14H2,1-3H3. The number of halogens is 1. The molecule has 0 aliphatic carbocycles. The molecule has 0 aromatic carbocycles. The average Bonchev–Trinajstić information content (AvgIpc) is 3.58. The highest BCUT2D eigenvalue weighted by Crippen LogP contribution is 2.51. The molecule has 202 valence electrons. The number of hydrogen-bond acceptors (Lipinski definition) is 8. The fourth-order valence-corrected chi connectivity index (χ4v) is 8.75. The van der Waals surface area contributed by atoms with E-state index in [0.717, 1.165) is 60.4 Å². The Morgan fingerprint density at radius 1 is 1.24 bits per heavy atom. The summed E-state index contributed by atoms with van der Waals surface area (Å²) in [6.45, 7) is 7.48. The Morgan fingerprint density at radius 3 is 2.71 bits per heavy atom. The minimum atomic E-state index is -3.56. The second-order valence-corrected chi connectivity index (χ2v) is 13.7. The van der Waals surface area contributed by atoms with Crippen LogP contribution in [0.15, 0.2) is 49.7 Å². The van der Waals surface area contributed by atoms with Gasteiger partial charge in [0.25, 0.3) is 0 Å². The smallest absolute Gasteiger partial charge is 0.246 e. The van der Waals surface area contributed by atoms with Crippen molar-refractivity contribution >= 4 is 37.0 Å². The maximum absolute atomic E-state index is 13.8. The van der Waals surface area contributed by atoms with Crippen molar-refractivity contribution in [3.63, 3.8) is 0 Å². The van der Waals surface area contributed by atoms with Gasteiger partial charge in [0, 0.05) is 55.4 Å². The molecule has 3 aliphatic rings. The van der Waals surface area contributed by atoms with Crippen LogP contribution >= 0.6 is 15.9 Å². The largest absolute Gasteiger partial charge is 0.421 e. The Bertz CT molecular complexity index is 1550. The van der Waals surface area contributed by atoms with E-state index in [1.165, 1.54) is 0 Å². The Balaban J connectivity index is 1.55. The second-order valence-electron chi connectivity index (χ2n) is 10.8. The van der Waals surface area contributed by atoms with Crippen LogP contribution in [-0.2, 0) is 14.6 Å². The van der Waals surface area contributed by atoms with Gasteiger partial charge >= 0.3 is 0 Å². The van der Waals surface area contributed by atoms with E-state index in [9.17, 15) is 8.42 Å². The predicted molar refractivity (Wildman–Crippen MR) is 147 cm³/mol. The number of ether oxygens (including phenoxy) is 1. The summed E-state index contributed by atoms with van der Waals surface area (Å²) in [4.78, 5) is 5.33. The molecule has 0 spiro atoms. The molecule has 1 N–H and O–H groups in total. The van der Waals surface area contributed by atoms with Gasteiger partial charge in [-0.15, -0.1) is 10.2 Å². The van der Waals surface area contributed by atoms with E-state index in [2.05, 4.69) is 45.3 Å². The van der Waals surface area contributed by atoms with Gasteiger partial charge in [-0.1, -0.05) is 13.8 Å². The topological polar surface area (TPSA) is 112 Å². The molecule has 0 bridgehead atoms. The summed E-state index contributed by atoms with van der Waals surface area (Å²) in [5, 5.41) is 12.1. The number of hydrogen-bond donors (Lipinski definition) is 1. The number of pyridine rings is 1. The molecule has 6 heterocycles. The van der Waals surface area contributed by atoms with Crippen molar-refractivity contribution in [2.45, 2.75) is 52.4 Å². The molecule has 3 aliphatic heterocycles. The van der Waals surface area contributed by atoms with Crippen molar-refractivity contribution < 1.29 is 17.6 Å². The number of allylic oxidation sites excluding steroid dienone is 4. The summed E-state index contributed by atoms with van der Waals surface area (Å²) in [6, 6.07) is 3.85. The van der Waals surface area contributed by atoms with Gasteiger partial charge in [0.1, 0.15) is 0 Å². The zero-order valence-electron chi connectivity index (χ0n) is 21.8. The van der Waals surface area contributed by atoms with Gasteiger partial charge in [-0.3, -0.25) is 0 Å². The van der Waals surface area contributed by atoms with Crippen LogP contribution in [0, 0.1) is 24.7 Å². The van der Waals surface area contributed by atoms with Crippen molar-refractivity contribution in [3.05, 3.63) is 62.8 Å². The Hall–Kier alpha value is -2.50. The number of sulfone groups is 1. The highest BCUT2D eigenvalue weighted by atomic mass is 79.9. The monoisotopic (exact) mass is 601 g/mol. The van der Waals surface area contributed by atoms with Gasteiger partial charge in [0.15, 0.2) is 15.5 Å². The molecule has 3 aromatic heterocycles. The van der Waals surface area contributed by atoms with Crippen LogP contribution in [0.4, 0.5) is 0 Å². The summed E-state index contributed by atoms with van der Waals surface area (Å²) < 4.78 is 42.0. The van der Waals surface area contributed by atoms with Crippen LogP contribution in [0.5, 0.6) is 0 Å². The summed E-state index contributed by atoms with van der Waals surface area (Å²) in [7, 11) is -3.56. The van der Waals surface area contributed by atoms with Gasteiger partial charge in [0.05, 0.1) is 26.7 Å². The molecule has 0 radical (unpaired) electrons. The number of rotatable bonds is 6. The molecular weight excluding hydrogens is 570 g/mol. The Labute approximate surface area is 230 Å². The maximum atomic E-state index is 13.8. The first-order chi connectivity index (χ1) is 18.2. The second kappa shape index (κ2) is 9.91. The van der Waals surface area contributed by atoms with Crippen molar-refractivity contribution in [2.24, 2.45) is 17.8 Å². The third kappa shape index (κ3) is 4.52. The first kappa shape index (κ1) is 25.8. The zero-order chi connectivity index (χ0) is 26.6. The van der Waals surface area contributed by atoms with E-state index in [1.54, 1.807) is 6.92 Å². The normalized spacial score (nSPS) is 23.9. The summed E-state index contributed by atoms with van der Waals surface area (Å²) in [6.07, 6.45) is 7.61. The minimum Gasteiger partial charge on any atom is -0.421 e. The SMILES string of the molecule is Cc1nnc(C2=C(CCC3CCOCC3)NC3=C(C2c2cn4cccc(Br)c4n2)S(=O)(=O)CC3C(C)C)o1. The van der Waals surface area contributed by atoms with Crippen LogP contribution in [-0.4, -0.2) is 47.0 Å². The molecule has 0 amide bonds. The lowest BCUT2D eigenvalue weighted by molar-refractivity contribution is 0.0639. The van der Waals surface area contributed by atoms with Crippen LogP contribution in [0.25, 0.3) is 11.2 Å². The fraction of sp³-hybridized carbons (Fsp3) is 0.519. The number of nitrogens with zero attached hydrogens (tertiary/aromatic N) is 4. The fourth-order valence-electron chi connectivity index (χ4n) is 5.97. The first-order valence-corrected chi connectivity index (χ1v) is 15.7. The lowest BCUT2D eigenvalue weighted by atomic mass is 9.83. The van der Waals surface area contributed by atoms with Crippen LogP contribution in [0.2, 0.25) is 0 Å². The van der Waals surface area contributed by atoms with E-state index in [-0.39, 0.29) is 17.6 Å². The molecule has 11 heteroatoms. The van der Waals surface area contributed by atoms with Gasteiger partial charge < -0.3 is 18.9 Å². The predicted octanol–water partition coefficient (Wildman–Crippen LogP) is 5.01. The van der Waals surface area contributed by atoms with Crippen LogP contribution in [0.1, 0.15) is 62.9 Å². The highest BCUT2D eigenvalue weighted by molar-refractivity contribution is 9.10. The van der Waals surface area contributed by atoms with E-state index in [4.69, 9.17) is 14.1 Å². The Morgan fingerprint density at radius 2 is 2.03 bits per heavy atom. The molecule has 9 nitrogen and oxygen atoms in total. The summed E-state index contributed by atoms with van der Waals surface area (Å²) in [5.41, 5.74) is 3.83. The molecule has 6 rings (SSSR count). The number of aryl methyl sites for hydroxylation is 1. The third-order valence-electron chi connectivity index (χ3n) is 7.99. The van der Waals surface area contributed by atoms with E-state index in [0.29, 0.717) is 33.9 Å². The average molecular weight is 603 g/mol. The van der Waals surface area contributed by atoms with E-state index >= 15 is 0 Å². The number of aromatic nitrogens is 4. The van der Waals surface area contributed by atoms with Gasteiger partial charge in [-0.05, 0) is 65.6 Å². The highest BCUT2D eigenvalue weighted by Gasteiger charge is 2.49. The van der Waals surface area contributed by atoms with Gasteiger partial charge in [0.2, 0.25) is 11.8 Å². The van der Waals surface area contributed by atoms with Gasteiger partial charge in [-0.2, -0.15) is 0 Å². The van der Waals surface area contributed by atoms with Crippen molar-refractivity contribution in [3.8, 4) is 0 Å². The molecule has 2 atom stereocenters. The lowest BCUT2D eigenvalue weighted by Crippen LogP contribution is -2.30.